The SMILES string of the molecule is CSCCC(N)C(=O)NCc1ccc(-c2ccc3c(c2)CC(C)O3)cc1.Cl. The molecule has 3 rings (SSSR count). The van der Waals surface area contributed by atoms with Crippen LogP contribution in [-0.4, -0.2) is 30.1 Å². The van der Waals surface area contributed by atoms with E-state index in [1.807, 2.05) is 6.26 Å². The third-order valence-corrected chi connectivity index (χ3v) is 5.26. The van der Waals surface area contributed by atoms with E-state index in [4.69, 9.17) is 10.5 Å². The second kappa shape index (κ2) is 10.0. The number of ether oxygens (including phenoxy) is 1. The van der Waals surface area contributed by atoms with Gasteiger partial charge >= 0.3 is 0 Å². The van der Waals surface area contributed by atoms with E-state index in [0.717, 1.165) is 23.5 Å². The number of fused-ring (bicyclic) bond motifs is 1. The smallest absolute Gasteiger partial charge is 0.237 e. The summed E-state index contributed by atoms with van der Waals surface area (Å²) >= 11 is 1.70. The summed E-state index contributed by atoms with van der Waals surface area (Å²) in [5.74, 6) is 1.81. The average Bonchev–Trinajstić information content (AvgIpc) is 3.03. The van der Waals surface area contributed by atoms with Crippen LogP contribution >= 0.6 is 24.2 Å². The Morgan fingerprint density at radius 3 is 2.67 bits per heavy atom. The van der Waals surface area contributed by atoms with E-state index < -0.39 is 6.04 Å². The van der Waals surface area contributed by atoms with E-state index in [1.54, 1.807) is 11.8 Å². The van der Waals surface area contributed by atoms with Crippen LogP contribution in [0.2, 0.25) is 0 Å². The molecule has 0 saturated carbocycles. The van der Waals surface area contributed by atoms with Crippen molar-refractivity contribution in [2.24, 2.45) is 5.73 Å². The molecule has 1 aliphatic heterocycles. The third-order valence-electron chi connectivity index (χ3n) is 4.62. The highest BCUT2D eigenvalue weighted by molar-refractivity contribution is 7.98. The van der Waals surface area contributed by atoms with Crippen molar-refractivity contribution in [1.82, 2.24) is 5.32 Å². The van der Waals surface area contributed by atoms with E-state index >= 15 is 0 Å². The van der Waals surface area contributed by atoms with Crippen molar-refractivity contribution in [1.29, 1.82) is 0 Å². The van der Waals surface area contributed by atoms with Gasteiger partial charge in [-0.25, -0.2) is 0 Å². The number of hydrogen-bond acceptors (Lipinski definition) is 4. The molecular weight excluding hydrogens is 380 g/mol. The first-order valence-corrected chi connectivity index (χ1v) is 10.4. The Kier molecular flexibility index (Phi) is 8.02. The molecule has 0 aromatic heterocycles. The molecule has 0 fully saturated rings. The molecule has 0 spiro atoms. The molecular formula is C21H27ClN2O2S. The predicted octanol–water partition coefficient (Wildman–Crippen LogP) is 3.80. The van der Waals surface area contributed by atoms with E-state index in [2.05, 4.69) is 54.7 Å². The fraction of sp³-hybridized carbons (Fsp3) is 0.381. The highest BCUT2D eigenvalue weighted by Crippen LogP contribution is 2.32. The molecule has 6 heteroatoms. The fourth-order valence-corrected chi connectivity index (χ4v) is 3.60. The molecule has 27 heavy (non-hydrogen) atoms. The first-order valence-electron chi connectivity index (χ1n) is 8.98. The highest BCUT2D eigenvalue weighted by atomic mass is 35.5. The largest absolute Gasteiger partial charge is 0.490 e. The monoisotopic (exact) mass is 406 g/mol. The van der Waals surface area contributed by atoms with Crippen molar-refractivity contribution in [3.63, 3.8) is 0 Å². The predicted molar refractivity (Wildman–Crippen MR) is 116 cm³/mol. The van der Waals surface area contributed by atoms with Crippen LogP contribution in [-0.2, 0) is 17.8 Å². The maximum atomic E-state index is 12.0. The van der Waals surface area contributed by atoms with Gasteiger partial charge in [-0.1, -0.05) is 30.3 Å². The van der Waals surface area contributed by atoms with Crippen molar-refractivity contribution in [2.45, 2.75) is 38.5 Å². The van der Waals surface area contributed by atoms with Crippen molar-refractivity contribution in [2.75, 3.05) is 12.0 Å². The second-order valence-electron chi connectivity index (χ2n) is 6.76. The van der Waals surface area contributed by atoms with Gasteiger partial charge in [0.15, 0.2) is 0 Å². The van der Waals surface area contributed by atoms with Crippen molar-refractivity contribution < 1.29 is 9.53 Å². The number of nitrogens with two attached hydrogens (primary N) is 1. The summed E-state index contributed by atoms with van der Waals surface area (Å²) in [6.07, 6.45) is 3.94. The Balaban J connectivity index is 0.00000261. The molecule has 1 heterocycles. The van der Waals surface area contributed by atoms with Crippen LogP contribution in [0.3, 0.4) is 0 Å². The zero-order chi connectivity index (χ0) is 18.5. The van der Waals surface area contributed by atoms with E-state index in [0.29, 0.717) is 13.0 Å². The van der Waals surface area contributed by atoms with Gasteiger partial charge in [0.2, 0.25) is 5.91 Å². The molecule has 4 nitrogen and oxygen atoms in total. The molecule has 2 unspecified atom stereocenters. The highest BCUT2D eigenvalue weighted by Gasteiger charge is 2.19. The third kappa shape index (κ3) is 5.64. The summed E-state index contributed by atoms with van der Waals surface area (Å²) in [6, 6.07) is 14.2. The number of benzene rings is 2. The number of hydrogen-bond donors (Lipinski definition) is 2. The summed E-state index contributed by atoms with van der Waals surface area (Å²) < 4.78 is 5.76. The topological polar surface area (TPSA) is 64.4 Å². The van der Waals surface area contributed by atoms with Gasteiger partial charge in [0.1, 0.15) is 11.9 Å². The fourth-order valence-electron chi connectivity index (χ4n) is 3.11. The number of nitrogens with one attached hydrogen (secondary N) is 1. The van der Waals surface area contributed by atoms with Gasteiger partial charge in [0.25, 0.3) is 0 Å². The molecule has 2 aromatic rings. The van der Waals surface area contributed by atoms with Crippen LogP contribution in [0.5, 0.6) is 5.75 Å². The average molecular weight is 407 g/mol. The lowest BCUT2D eigenvalue weighted by Gasteiger charge is -2.12. The molecule has 2 atom stereocenters. The van der Waals surface area contributed by atoms with Crippen LogP contribution in [0, 0.1) is 0 Å². The van der Waals surface area contributed by atoms with Crippen molar-refractivity contribution in [3.8, 4) is 16.9 Å². The molecule has 0 radical (unpaired) electrons. The van der Waals surface area contributed by atoms with Gasteiger partial charge in [-0.3, -0.25) is 4.79 Å². The van der Waals surface area contributed by atoms with Crippen LogP contribution in [0.25, 0.3) is 11.1 Å². The standard InChI is InChI=1S/C21H26N2O2S.ClH/c1-14-11-18-12-17(7-8-20(18)25-14)16-5-3-15(4-6-16)13-23-21(24)19(22)9-10-26-2;/h3-8,12,14,19H,9-11,13,22H2,1-2H3,(H,23,24);1H. The number of thioether (sulfide) groups is 1. The Morgan fingerprint density at radius 2 is 1.96 bits per heavy atom. The lowest BCUT2D eigenvalue weighted by atomic mass is 10.00. The molecule has 0 bridgehead atoms. The lowest BCUT2D eigenvalue weighted by Crippen LogP contribution is -2.40. The number of amides is 1. The quantitative estimate of drug-likeness (QED) is 0.734. The Morgan fingerprint density at radius 1 is 1.26 bits per heavy atom. The van der Waals surface area contributed by atoms with Gasteiger partial charge < -0.3 is 15.8 Å². The first kappa shape index (κ1) is 21.6. The maximum absolute atomic E-state index is 12.0. The van der Waals surface area contributed by atoms with Gasteiger partial charge in [-0.15, -0.1) is 12.4 Å². The normalized spacial score (nSPS) is 16.0. The Bertz CT molecular complexity index is 767. The van der Waals surface area contributed by atoms with Crippen LogP contribution in [0.15, 0.2) is 42.5 Å². The zero-order valence-corrected chi connectivity index (χ0v) is 17.4. The van der Waals surface area contributed by atoms with Gasteiger partial charge in [-0.2, -0.15) is 11.8 Å². The molecule has 2 aromatic carbocycles. The minimum Gasteiger partial charge on any atom is -0.490 e. The molecule has 1 aliphatic rings. The number of carbonyl (C=O) groups excluding carboxylic acids is 1. The van der Waals surface area contributed by atoms with Gasteiger partial charge in [0.05, 0.1) is 6.04 Å². The Hall–Kier alpha value is -1.69. The summed E-state index contributed by atoms with van der Waals surface area (Å²) in [6.45, 7) is 2.59. The van der Waals surface area contributed by atoms with E-state index in [1.165, 1.54) is 16.7 Å². The number of halogens is 1. The summed E-state index contributed by atoms with van der Waals surface area (Å²) in [7, 11) is 0. The summed E-state index contributed by atoms with van der Waals surface area (Å²) in [5, 5.41) is 2.92. The maximum Gasteiger partial charge on any atom is 0.237 e. The van der Waals surface area contributed by atoms with Gasteiger partial charge in [0, 0.05) is 13.0 Å². The number of rotatable bonds is 7. The van der Waals surface area contributed by atoms with Crippen LogP contribution in [0.1, 0.15) is 24.5 Å². The lowest BCUT2D eigenvalue weighted by molar-refractivity contribution is -0.122. The molecule has 0 saturated heterocycles. The molecule has 1 amide bonds. The van der Waals surface area contributed by atoms with Crippen molar-refractivity contribution >= 4 is 30.1 Å². The first-order chi connectivity index (χ1) is 12.6. The Labute approximate surface area is 171 Å². The summed E-state index contributed by atoms with van der Waals surface area (Å²) in [4.78, 5) is 12.0. The summed E-state index contributed by atoms with van der Waals surface area (Å²) in [5.41, 5.74) is 10.6. The van der Waals surface area contributed by atoms with Gasteiger partial charge in [-0.05, 0) is 59.7 Å². The minimum absolute atomic E-state index is 0. The van der Waals surface area contributed by atoms with E-state index in [-0.39, 0.29) is 24.4 Å². The zero-order valence-electron chi connectivity index (χ0n) is 15.7. The van der Waals surface area contributed by atoms with Crippen molar-refractivity contribution in [3.05, 3.63) is 53.6 Å². The molecule has 146 valence electrons. The molecule has 0 aliphatic carbocycles. The van der Waals surface area contributed by atoms with Crippen LogP contribution in [0.4, 0.5) is 0 Å². The minimum atomic E-state index is -0.433. The second-order valence-corrected chi connectivity index (χ2v) is 7.74. The molecule has 3 N–H and O–H groups in total. The number of carbonyl (C=O) groups is 1. The van der Waals surface area contributed by atoms with Crippen LogP contribution < -0.4 is 15.8 Å². The van der Waals surface area contributed by atoms with E-state index in [9.17, 15) is 4.79 Å².